The molecule has 3 rings (SSSR count). The molecule has 1 fully saturated rings. The zero-order chi connectivity index (χ0) is 24.3. The molecule has 34 heavy (non-hydrogen) atoms. The number of carbonyl (C=O) groups excluding carboxylic acids is 1. The number of allylic oxidation sites excluding steroid dienone is 1. The van der Waals surface area contributed by atoms with E-state index in [1.54, 1.807) is 12.1 Å². The molecular formula is C27H32O7. The van der Waals surface area contributed by atoms with E-state index in [0.29, 0.717) is 25.2 Å². The second-order valence-electron chi connectivity index (χ2n) is 8.44. The molecule has 0 aliphatic heterocycles. The molecule has 7 nitrogen and oxygen atoms in total. The van der Waals surface area contributed by atoms with Crippen molar-refractivity contribution in [2.45, 2.75) is 37.9 Å². The van der Waals surface area contributed by atoms with Gasteiger partial charge in [-0.2, -0.15) is 0 Å². The number of hydrogen-bond donors (Lipinski definition) is 3. The molecule has 2 aromatic carbocycles. The molecule has 0 unspecified atom stereocenters. The van der Waals surface area contributed by atoms with Gasteiger partial charge in [0.15, 0.2) is 0 Å². The molecule has 0 aromatic heterocycles. The number of esters is 1. The van der Waals surface area contributed by atoms with Crippen LogP contribution in [0, 0.1) is 11.8 Å². The standard InChI is InChI=1S/C27H32O7/c28-14-16-33-15-6-2-5-9-22-23(17-26(30)31)24(29)18-25(22)34-27(32)21-12-10-20(11-13-21)19-7-3-1-4-8-19/h1,3-5,7-13,22-25,28-29H,2,6,14-18H2,(H,30,31)/t22-,23-,24+,25-/m1/s1. The van der Waals surface area contributed by atoms with Gasteiger partial charge in [0.2, 0.25) is 0 Å². The third kappa shape index (κ3) is 7.25. The Morgan fingerprint density at radius 2 is 1.71 bits per heavy atom. The summed E-state index contributed by atoms with van der Waals surface area (Å²) < 4.78 is 11.0. The summed E-state index contributed by atoms with van der Waals surface area (Å²) in [6.07, 6.45) is 3.73. The highest BCUT2D eigenvalue weighted by Crippen LogP contribution is 2.38. The van der Waals surface area contributed by atoms with Crippen molar-refractivity contribution in [2.24, 2.45) is 11.8 Å². The Balaban J connectivity index is 1.65. The maximum atomic E-state index is 12.8. The Morgan fingerprint density at radius 3 is 2.38 bits per heavy atom. The summed E-state index contributed by atoms with van der Waals surface area (Å²) in [5.41, 5.74) is 2.43. The summed E-state index contributed by atoms with van der Waals surface area (Å²) in [5.74, 6) is -2.42. The van der Waals surface area contributed by atoms with Crippen molar-refractivity contribution in [3.05, 3.63) is 72.3 Å². The highest BCUT2D eigenvalue weighted by atomic mass is 16.5. The topological polar surface area (TPSA) is 113 Å². The lowest BCUT2D eigenvalue weighted by Crippen LogP contribution is -2.26. The van der Waals surface area contributed by atoms with Crippen LogP contribution in [0.4, 0.5) is 0 Å². The first-order valence-corrected chi connectivity index (χ1v) is 11.6. The fourth-order valence-electron chi connectivity index (χ4n) is 4.33. The lowest BCUT2D eigenvalue weighted by Gasteiger charge is -2.21. The monoisotopic (exact) mass is 468 g/mol. The Hall–Kier alpha value is -3.00. The fraction of sp³-hybridized carbons (Fsp3) is 0.407. The smallest absolute Gasteiger partial charge is 0.338 e. The predicted octanol–water partition coefficient (Wildman–Crippen LogP) is 3.70. The van der Waals surface area contributed by atoms with Crippen molar-refractivity contribution in [3.63, 3.8) is 0 Å². The van der Waals surface area contributed by atoms with Crippen LogP contribution in [0.1, 0.15) is 36.0 Å². The average molecular weight is 469 g/mol. The van der Waals surface area contributed by atoms with Gasteiger partial charge in [-0.3, -0.25) is 4.79 Å². The predicted molar refractivity (Wildman–Crippen MR) is 127 cm³/mol. The number of aliphatic hydroxyl groups excluding tert-OH is 2. The maximum Gasteiger partial charge on any atom is 0.338 e. The van der Waals surface area contributed by atoms with Crippen LogP contribution in [0.5, 0.6) is 0 Å². The highest BCUT2D eigenvalue weighted by Gasteiger charge is 2.44. The van der Waals surface area contributed by atoms with Crippen molar-refractivity contribution in [1.82, 2.24) is 0 Å². The molecule has 0 amide bonds. The second kappa shape index (κ2) is 13.0. The summed E-state index contributed by atoms with van der Waals surface area (Å²) >= 11 is 0. The van der Waals surface area contributed by atoms with Gasteiger partial charge >= 0.3 is 11.9 Å². The Bertz CT molecular complexity index is 939. The number of benzene rings is 2. The minimum atomic E-state index is -0.997. The number of carboxylic acids is 1. The Kier molecular flexibility index (Phi) is 9.82. The number of rotatable bonds is 12. The van der Waals surface area contributed by atoms with Crippen LogP contribution in [0.3, 0.4) is 0 Å². The van der Waals surface area contributed by atoms with Gasteiger partial charge in [-0.25, -0.2) is 4.79 Å². The third-order valence-electron chi connectivity index (χ3n) is 6.04. The highest BCUT2D eigenvalue weighted by molar-refractivity contribution is 5.90. The molecule has 0 spiro atoms. The zero-order valence-corrected chi connectivity index (χ0v) is 19.1. The van der Waals surface area contributed by atoms with E-state index in [2.05, 4.69) is 0 Å². The molecule has 7 heteroatoms. The number of hydrogen-bond acceptors (Lipinski definition) is 6. The van der Waals surface area contributed by atoms with E-state index in [0.717, 1.165) is 17.5 Å². The van der Waals surface area contributed by atoms with Crippen LogP contribution in [0.15, 0.2) is 66.7 Å². The average Bonchev–Trinajstić information content (AvgIpc) is 3.12. The van der Waals surface area contributed by atoms with Gasteiger partial charge in [0, 0.05) is 24.9 Å². The van der Waals surface area contributed by atoms with E-state index < -0.39 is 36.0 Å². The first-order chi connectivity index (χ1) is 16.5. The van der Waals surface area contributed by atoms with Gasteiger partial charge in [0.05, 0.1) is 31.3 Å². The molecule has 4 atom stereocenters. The number of carboxylic acid groups (broad SMARTS) is 1. The summed E-state index contributed by atoms with van der Waals surface area (Å²) in [6, 6.07) is 17.0. The van der Waals surface area contributed by atoms with Gasteiger partial charge in [0.1, 0.15) is 6.10 Å². The fourth-order valence-corrected chi connectivity index (χ4v) is 4.33. The molecule has 182 valence electrons. The van der Waals surface area contributed by atoms with Crippen LogP contribution in [0.25, 0.3) is 11.1 Å². The summed E-state index contributed by atoms with van der Waals surface area (Å²) in [5, 5.41) is 28.5. The Labute approximate surface area is 199 Å². The number of aliphatic hydroxyl groups is 2. The molecule has 1 aliphatic rings. The molecule has 0 saturated heterocycles. The van der Waals surface area contributed by atoms with Crippen LogP contribution in [-0.4, -0.2) is 59.3 Å². The first-order valence-electron chi connectivity index (χ1n) is 11.6. The van der Waals surface area contributed by atoms with E-state index in [-0.39, 0.29) is 19.4 Å². The molecular weight excluding hydrogens is 436 g/mol. The SMILES string of the molecule is O=C(O)C[C@@H]1[C@@H](C=CCCCOCCO)[C@H](OC(=O)c2ccc(-c3ccccc3)cc2)C[C@@H]1O. The molecule has 1 saturated carbocycles. The zero-order valence-electron chi connectivity index (χ0n) is 19.1. The number of aliphatic carboxylic acids is 1. The maximum absolute atomic E-state index is 12.8. The van der Waals surface area contributed by atoms with Gasteiger partial charge in [-0.15, -0.1) is 0 Å². The second-order valence-corrected chi connectivity index (χ2v) is 8.44. The number of unbranched alkanes of at least 4 members (excludes halogenated alkanes) is 1. The normalized spacial score (nSPS) is 22.2. The van der Waals surface area contributed by atoms with Crippen molar-refractivity contribution in [3.8, 4) is 11.1 Å². The molecule has 0 heterocycles. The minimum absolute atomic E-state index is 0.0191. The van der Waals surface area contributed by atoms with Gasteiger partial charge in [-0.1, -0.05) is 54.6 Å². The van der Waals surface area contributed by atoms with Gasteiger partial charge < -0.3 is 24.8 Å². The van der Waals surface area contributed by atoms with Gasteiger partial charge in [0.25, 0.3) is 0 Å². The van der Waals surface area contributed by atoms with Crippen molar-refractivity contribution < 1.29 is 34.4 Å². The van der Waals surface area contributed by atoms with Gasteiger partial charge in [-0.05, 0) is 36.1 Å². The van der Waals surface area contributed by atoms with Crippen molar-refractivity contribution in [1.29, 1.82) is 0 Å². The molecule has 0 radical (unpaired) electrons. The van der Waals surface area contributed by atoms with Crippen LogP contribution >= 0.6 is 0 Å². The largest absolute Gasteiger partial charge is 0.481 e. The quantitative estimate of drug-likeness (QED) is 0.247. The molecule has 3 N–H and O–H groups in total. The lowest BCUT2D eigenvalue weighted by molar-refractivity contribution is -0.139. The van der Waals surface area contributed by atoms with Crippen LogP contribution < -0.4 is 0 Å². The summed E-state index contributed by atoms with van der Waals surface area (Å²) in [6.45, 7) is 0.784. The van der Waals surface area contributed by atoms with Crippen LogP contribution in [0.2, 0.25) is 0 Å². The summed E-state index contributed by atoms with van der Waals surface area (Å²) in [7, 11) is 0. The van der Waals surface area contributed by atoms with Crippen molar-refractivity contribution in [2.75, 3.05) is 19.8 Å². The lowest BCUT2D eigenvalue weighted by atomic mass is 9.90. The molecule has 2 aromatic rings. The van der Waals surface area contributed by atoms with E-state index in [9.17, 15) is 19.8 Å². The summed E-state index contributed by atoms with van der Waals surface area (Å²) in [4.78, 5) is 24.2. The third-order valence-corrected chi connectivity index (χ3v) is 6.04. The number of carbonyl (C=O) groups is 2. The number of ether oxygens (including phenoxy) is 2. The minimum Gasteiger partial charge on any atom is -0.481 e. The van der Waals surface area contributed by atoms with Crippen LogP contribution in [-0.2, 0) is 14.3 Å². The molecule has 1 aliphatic carbocycles. The first kappa shape index (κ1) is 25.6. The van der Waals surface area contributed by atoms with Crippen molar-refractivity contribution >= 4 is 11.9 Å². The van der Waals surface area contributed by atoms with E-state index in [1.807, 2.05) is 54.6 Å². The Morgan fingerprint density at radius 1 is 1.00 bits per heavy atom. The van der Waals surface area contributed by atoms with E-state index in [4.69, 9.17) is 14.6 Å². The molecule has 0 bridgehead atoms. The van der Waals surface area contributed by atoms with E-state index >= 15 is 0 Å². The van der Waals surface area contributed by atoms with E-state index in [1.165, 1.54) is 0 Å².